The van der Waals surface area contributed by atoms with Crippen LogP contribution in [0.2, 0.25) is 0 Å². The molecule has 0 saturated carbocycles. The van der Waals surface area contributed by atoms with Crippen LogP contribution in [0.5, 0.6) is 11.5 Å². The average molecular weight is 349 g/mol. The van der Waals surface area contributed by atoms with Gasteiger partial charge >= 0.3 is 0 Å². The lowest BCUT2D eigenvalue weighted by atomic mass is 10.1. The molecule has 1 N–H and O–H groups in total. The third kappa shape index (κ3) is 4.07. The molecule has 0 aliphatic carbocycles. The minimum atomic E-state index is -3.62. The second kappa shape index (κ2) is 7.68. The van der Waals surface area contributed by atoms with Crippen molar-refractivity contribution in [1.29, 1.82) is 0 Å². The van der Waals surface area contributed by atoms with Gasteiger partial charge in [0, 0.05) is 11.6 Å². The van der Waals surface area contributed by atoms with Crippen LogP contribution in [0.3, 0.4) is 0 Å². The van der Waals surface area contributed by atoms with Crippen LogP contribution >= 0.6 is 0 Å². The molecular weight excluding hydrogens is 326 g/mol. The van der Waals surface area contributed by atoms with Crippen molar-refractivity contribution in [3.63, 3.8) is 0 Å². The summed E-state index contributed by atoms with van der Waals surface area (Å²) in [5.41, 5.74) is 1.81. The van der Waals surface area contributed by atoms with E-state index in [0.29, 0.717) is 17.1 Å². The van der Waals surface area contributed by atoms with Crippen LogP contribution in [0.4, 0.5) is 0 Å². The molecule has 1 atom stereocenters. The Morgan fingerprint density at radius 3 is 2.25 bits per heavy atom. The molecule has 0 aromatic heterocycles. The SMILES string of the molecule is CCc1ccc(S(=O)(=O)NC(C)c2cc(OC)ccc2OC)cc1. The van der Waals surface area contributed by atoms with Gasteiger partial charge in [-0.3, -0.25) is 0 Å². The molecule has 0 heterocycles. The minimum Gasteiger partial charge on any atom is -0.497 e. The Kier molecular flexibility index (Phi) is 5.85. The number of hydrogen-bond donors (Lipinski definition) is 1. The van der Waals surface area contributed by atoms with Crippen molar-refractivity contribution in [2.45, 2.75) is 31.2 Å². The third-order valence-corrected chi connectivity index (χ3v) is 5.43. The summed E-state index contributed by atoms with van der Waals surface area (Å²) < 4.78 is 38.4. The summed E-state index contributed by atoms with van der Waals surface area (Å²) in [5.74, 6) is 1.25. The fourth-order valence-corrected chi connectivity index (χ4v) is 3.67. The van der Waals surface area contributed by atoms with Crippen molar-refractivity contribution in [1.82, 2.24) is 4.72 Å². The summed E-state index contributed by atoms with van der Waals surface area (Å²) in [7, 11) is -0.507. The topological polar surface area (TPSA) is 64.6 Å². The van der Waals surface area contributed by atoms with Gasteiger partial charge in [-0.2, -0.15) is 0 Å². The molecule has 5 nitrogen and oxygen atoms in total. The molecule has 0 spiro atoms. The van der Waals surface area contributed by atoms with Gasteiger partial charge in [-0.05, 0) is 49.2 Å². The monoisotopic (exact) mass is 349 g/mol. The Morgan fingerprint density at radius 1 is 1.04 bits per heavy atom. The van der Waals surface area contributed by atoms with E-state index in [9.17, 15) is 8.42 Å². The van der Waals surface area contributed by atoms with E-state index in [1.807, 2.05) is 19.1 Å². The van der Waals surface area contributed by atoms with Gasteiger partial charge in [-0.25, -0.2) is 13.1 Å². The molecule has 0 aliphatic rings. The third-order valence-electron chi connectivity index (χ3n) is 3.88. The summed E-state index contributed by atoms with van der Waals surface area (Å²) in [5, 5.41) is 0. The maximum Gasteiger partial charge on any atom is 0.241 e. The molecular formula is C18H23NO4S. The lowest BCUT2D eigenvalue weighted by Gasteiger charge is -2.18. The Hall–Kier alpha value is -2.05. The fraction of sp³-hybridized carbons (Fsp3) is 0.333. The Labute approximate surface area is 143 Å². The van der Waals surface area contributed by atoms with Gasteiger partial charge in [-0.1, -0.05) is 19.1 Å². The molecule has 6 heteroatoms. The summed E-state index contributed by atoms with van der Waals surface area (Å²) in [4.78, 5) is 0.244. The van der Waals surface area contributed by atoms with Gasteiger partial charge < -0.3 is 9.47 Å². The van der Waals surface area contributed by atoms with E-state index < -0.39 is 16.1 Å². The normalized spacial score (nSPS) is 12.7. The second-order valence-corrected chi connectivity index (χ2v) is 7.16. The standard InChI is InChI=1S/C18H23NO4S/c1-5-14-6-9-16(10-7-14)24(20,21)19-13(2)17-12-15(22-3)8-11-18(17)23-4/h6-13,19H,5H2,1-4H3. The first kappa shape index (κ1) is 18.3. The van der Waals surface area contributed by atoms with Crippen molar-refractivity contribution in [3.05, 3.63) is 53.6 Å². The van der Waals surface area contributed by atoms with Crippen LogP contribution < -0.4 is 14.2 Å². The molecule has 130 valence electrons. The van der Waals surface area contributed by atoms with Crippen LogP contribution in [0.25, 0.3) is 0 Å². The number of ether oxygens (including phenoxy) is 2. The predicted molar refractivity (Wildman–Crippen MR) is 94.1 cm³/mol. The van der Waals surface area contributed by atoms with Gasteiger partial charge in [0.25, 0.3) is 0 Å². The minimum absolute atomic E-state index is 0.244. The lowest BCUT2D eigenvalue weighted by Crippen LogP contribution is -2.27. The Morgan fingerprint density at radius 2 is 1.71 bits per heavy atom. The zero-order valence-corrected chi connectivity index (χ0v) is 15.2. The molecule has 2 rings (SSSR count). The van der Waals surface area contributed by atoms with Crippen LogP contribution in [0, 0.1) is 0 Å². The van der Waals surface area contributed by atoms with E-state index in [-0.39, 0.29) is 4.90 Å². The number of hydrogen-bond acceptors (Lipinski definition) is 4. The number of methoxy groups -OCH3 is 2. The fourth-order valence-electron chi connectivity index (χ4n) is 2.45. The van der Waals surface area contributed by atoms with Gasteiger partial charge in [-0.15, -0.1) is 0 Å². The van der Waals surface area contributed by atoms with Crippen molar-refractivity contribution < 1.29 is 17.9 Å². The molecule has 24 heavy (non-hydrogen) atoms. The zero-order chi connectivity index (χ0) is 17.7. The van der Waals surface area contributed by atoms with Crippen LogP contribution in [-0.2, 0) is 16.4 Å². The van der Waals surface area contributed by atoms with Crippen molar-refractivity contribution >= 4 is 10.0 Å². The largest absolute Gasteiger partial charge is 0.497 e. The highest BCUT2D eigenvalue weighted by molar-refractivity contribution is 7.89. The number of sulfonamides is 1. The summed E-state index contributed by atoms with van der Waals surface area (Å²) in [6.45, 7) is 3.80. The number of aryl methyl sites for hydroxylation is 1. The molecule has 2 aromatic rings. The van der Waals surface area contributed by atoms with Gasteiger partial charge in [0.2, 0.25) is 10.0 Å². The Balaban J connectivity index is 2.28. The van der Waals surface area contributed by atoms with E-state index in [1.165, 1.54) is 0 Å². The quantitative estimate of drug-likeness (QED) is 0.833. The van der Waals surface area contributed by atoms with Crippen molar-refractivity contribution in [3.8, 4) is 11.5 Å². The highest BCUT2D eigenvalue weighted by Crippen LogP contribution is 2.30. The van der Waals surface area contributed by atoms with E-state index in [2.05, 4.69) is 4.72 Å². The molecule has 0 bridgehead atoms. The first-order valence-corrected chi connectivity index (χ1v) is 9.22. The predicted octanol–water partition coefficient (Wildman–Crippen LogP) is 3.31. The smallest absolute Gasteiger partial charge is 0.241 e. The van der Waals surface area contributed by atoms with E-state index in [0.717, 1.165) is 12.0 Å². The van der Waals surface area contributed by atoms with Gasteiger partial charge in [0.15, 0.2) is 0 Å². The molecule has 0 amide bonds. The van der Waals surface area contributed by atoms with Crippen molar-refractivity contribution in [2.75, 3.05) is 14.2 Å². The number of benzene rings is 2. The molecule has 2 aromatic carbocycles. The summed E-state index contributed by atoms with van der Waals surface area (Å²) in [6.07, 6.45) is 0.866. The first-order chi connectivity index (χ1) is 11.4. The second-order valence-electron chi connectivity index (χ2n) is 5.45. The Bertz CT molecular complexity index is 785. The van der Waals surface area contributed by atoms with E-state index in [1.54, 1.807) is 51.5 Å². The lowest BCUT2D eigenvalue weighted by molar-refractivity contribution is 0.395. The number of nitrogens with one attached hydrogen (secondary N) is 1. The molecule has 0 fully saturated rings. The van der Waals surface area contributed by atoms with E-state index >= 15 is 0 Å². The summed E-state index contributed by atoms with van der Waals surface area (Å²) in [6, 6.07) is 11.7. The maximum atomic E-state index is 12.6. The highest BCUT2D eigenvalue weighted by Gasteiger charge is 2.21. The van der Waals surface area contributed by atoms with Crippen LogP contribution in [-0.4, -0.2) is 22.6 Å². The van der Waals surface area contributed by atoms with Gasteiger partial charge in [0.05, 0.1) is 19.1 Å². The highest BCUT2D eigenvalue weighted by atomic mass is 32.2. The molecule has 0 radical (unpaired) electrons. The first-order valence-electron chi connectivity index (χ1n) is 7.74. The zero-order valence-electron chi connectivity index (χ0n) is 14.4. The van der Waals surface area contributed by atoms with Crippen LogP contribution in [0.15, 0.2) is 47.4 Å². The maximum absolute atomic E-state index is 12.6. The molecule has 0 saturated heterocycles. The van der Waals surface area contributed by atoms with Gasteiger partial charge in [0.1, 0.15) is 11.5 Å². The van der Waals surface area contributed by atoms with Crippen molar-refractivity contribution in [2.24, 2.45) is 0 Å². The molecule has 1 unspecified atom stereocenters. The summed E-state index contributed by atoms with van der Waals surface area (Å²) >= 11 is 0. The van der Waals surface area contributed by atoms with Crippen LogP contribution in [0.1, 0.15) is 31.0 Å². The number of rotatable bonds is 7. The molecule has 0 aliphatic heterocycles. The van der Waals surface area contributed by atoms with E-state index in [4.69, 9.17) is 9.47 Å². The average Bonchev–Trinajstić information content (AvgIpc) is 2.60.